The Morgan fingerprint density at radius 1 is 0.829 bits per heavy atom. The van der Waals surface area contributed by atoms with E-state index in [1.54, 1.807) is 20.3 Å². The SMILES string of the molecule is CCN1CCN(c2cccc3c2C(=O)N(C(CCCOCc2ccccc2)c2ccc(OC)c(OC)c2)C3=O)CC1. The number of hydrogen-bond donors (Lipinski definition) is 0. The van der Waals surface area contributed by atoms with Gasteiger partial charge in [-0.2, -0.15) is 0 Å². The van der Waals surface area contributed by atoms with Gasteiger partial charge in [-0.15, -0.1) is 0 Å². The van der Waals surface area contributed by atoms with Gasteiger partial charge in [-0.1, -0.05) is 49.4 Å². The summed E-state index contributed by atoms with van der Waals surface area (Å²) in [5.41, 5.74) is 3.75. The Morgan fingerprint density at radius 2 is 1.59 bits per heavy atom. The molecule has 2 heterocycles. The van der Waals surface area contributed by atoms with E-state index in [-0.39, 0.29) is 11.8 Å². The van der Waals surface area contributed by atoms with E-state index >= 15 is 0 Å². The van der Waals surface area contributed by atoms with Crippen LogP contribution in [0.1, 0.15) is 57.7 Å². The zero-order valence-corrected chi connectivity index (χ0v) is 24.2. The van der Waals surface area contributed by atoms with E-state index in [4.69, 9.17) is 14.2 Å². The number of nitrogens with zero attached hydrogens (tertiary/aromatic N) is 3. The van der Waals surface area contributed by atoms with Crippen molar-refractivity contribution in [3.8, 4) is 11.5 Å². The van der Waals surface area contributed by atoms with Crippen LogP contribution < -0.4 is 14.4 Å². The van der Waals surface area contributed by atoms with Crippen LogP contribution in [0.5, 0.6) is 11.5 Å². The number of rotatable bonds is 12. The molecule has 0 spiro atoms. The molecule has 0 aliphatic carbocycles. The molecular formula is C33H39N3O5. The molecule has 0 saturated carbocycles. The first-order valence-corrected chi connectivity index (χ1v) is 14.4. The number of carbonyl (C=O) groups is 2. The lowest BCUT2D eigenvalue weighted by Crippen LogP contribution is -2.46. The lowest BCUT2D eigenvalue weighted by molar-refractivity contribution is 0.0552. The first-order valence-electron chi connectivity index (χ1n) is 14.4. The van der Waals surface area contributed by atoms with Crippen molar-refractivity contribution in [3.05, 3.63) is 89.0 Å². The molecule has 216 valence electrons. The standard InChI is InChI=1S/C33H39N3O5/c1-4-34-17-19-35(20-18-34)28-13-8-12-26-31(28)33(38)36(32(26)37)27(25-15-16-29(39-2)30(22-25)40-3)14-9-21-41-23-24-10-6-5-7-11-24/h5-8,10-13,15-16,22,27H,4,9,14,17-21,23H2,1-3H3. The maximum atomic E-state index is 14.1. The number of anilines is 1. The molecule has 1 fully saturated rings. The minimum absolute atomic E-state index is 0.247. The van der Waals surface area contributed by atoms with Crippen LogP contribution in [0.15, 0.2) is 66.7 Å². The van der Waals surface area contributed by atoms with Crippen LogP contribution in [0.25, 0.3) is 0 Å². The Balaban J connectivity index is 1.40. The minimum atomic E-state index is -0.479. The summed E-state index contributed by atoms with van der Waals surface area (Å²) >= 11 is 0. The lowest BCUT2D eigenvalue weighted by atomic mass is 9.99. The molecule has 8 nitrogen and oxygen atoms in total. The summed E-state index contributed by atoms with van der Waals surface area (Å²) in [6, 6.07) is 20.8. The molecule has 3 aromatic carbocycles. The van der Waals surface area contributed by atoms with E-state index in [9.17, 15) is 9.59 Å². The number of ether oxygens (including phenoxy) is 3. The Labute approximate surface area is 242 Å². The van der Waals surface area contributed by atoms with Gasteiger partial charge in [0.05, 0.1) is 43.7 Å². The number of likely N-dealkylation sites (N-methyl/N-ethyl adjacent to an activating group) is 1. The number of carbonyl (C=O) groups excluding carboxylic acids is 2. The van der Waals surface area contributed by atoms with Gasteiger partial charge in [0.1, 0.15) is 0 Å². The maximum Gasteiger partial charge on any atom is 0.264 e. The summed E-state index contributed by atoms with van der Waals surface area (Å²) < 4.78 is 16.9. The third-order valence-electron chi connectivity index (χ3n) is 8.07. The zero-order valence-electron chi connectivity index (χ0n) is 24.2. The second kappa shape index (κ2) is 13.2. The average Bonchev–Trinajstić information content (AvgIpc) is 3.28. The second-order valence-electron chi connectivity index (χ2n) is 10.4. The van der Waals surface area contributed by atoms with Crippen molar-refractivity contribution in [2.24, 2.45) is 0 Å². The fraction of sp³-hybridized carbons (Fsp3) is 0.394. The van der Waals surface area contributed by atoms with Gasteiger partial charge in [-0.3, -0.25) is 14.5 Å². The van der Waals surface area contributed by atoms with Crippen molar-refractivity contribution in [1.29, 1.82) is 0 Å². The van der Waals surface area contributed by atoms with Crippen LogP contribution in [-0.2, 0) is 11.3 Å². The first-order chi connectivity index (χ1) is 20.0. The molecule has 0 N–H and O–H groups in total. The molecule has 2 aliphatic rings. The molecule has 8 heteroatoms. The molecule has 2 amide bonds. The van der Waals surface area contributed by atoms with Gasteiger partial charge in [0, 0.05) is 32.8 Å². The minimum Gasteiger partial charge on any atom is -0.493 e. The van der Waals surface area contributed by atoms with E-state index in [2.05, 4.69) is 16.7 Å². The highest BCUT2D eigenvalue weighted by molar-refractivity contribution is 6.24. The number of hydrogen-bond acceptors (Lipinski definition) is 7. The quantitative estimate of drug-likeness (QED) is 0.225. The normalized spacial score (nSPS) is 16.2. The van der Waals surface area contributed by atoms with E-state index in [0.717, 1.165) is 49.5 Å². The first kappa shape index (κ1) is 28.6. The number of amides is 2. The van der Waals surface area contributed by atoms with E-state index in [1.165, 1.54) is 4.90 Å². The molecule has 3 aromatic rings. The Kier molecular flexibility index (Phi) is 9.21. The van der Waals surface area contributed by atoms with Gasteiger partial charge in [0.25, 0.3) is 11.8 Å². The molecular weight excluding hydrogens is 518 g/mol. The summed E-state index contributed by atoms with van der Waals surface area (Å²) in [6.07, 6.45) is 1.23. The fourth-order valence-corrected chi connectivity index (χ4v) is 5.79. The molecule has 1 saturated heterocycles. The van der Waals surface area contributed by atoms with E-state index < -0.39 is 6.04 Å². The molecule has 0 aromatic heterocycles. The topological polar surface area (TPSA) is 71.6 Å². The van der Waals surface area contributed by atoms with Crippen molar-refractivity contribution in [1.82, 2.24) is 9.80 Å². The van der Waals surface area contributed by atoms with Gasteiger partial charge in [-0.25, -0.2) is 0 Å². The molecule has 0 radical (unpaired) electrons. The summed E-state index contributed by atoms with van der Waals surface area (Å²) in [4.78, 5) is 34.1. The molecule has 1 atom stereocenters. The van der Waals surface area contributed by atoms with Crippen molar-refractivity contribution < 1.29 is 23.8 Å². The summed E-state index contributed by atoms with van der Waals surface area (Å²) in [6.45, 7) is 7.71. The lowest BCUT2D eigenvalue weighted by Gasteiger charge is -2.36. The summed E-state index contributed by atoms with van der Waals surface area (Å²) in [7, 11) is 3.17. The van der Waals surface area contributed by atoms with Crippen LogP contribution in [0, 0.1) is 0 Å². The number of benzene rings is 3. The molecule has 0 bridgehead atoms. The van der Waals surface area contributed by atoms with Crippen LogP contribution >= 0.6 is 0 Å². The average molecular weight is 558 g/mol. The van der Waals surface area contributed by atoms with Gasteiger partial charge in [-0.05, 0) is 54.8 Å². The fourth-order valence-electron chi connectivity index (χ4n) is 5.79. The van der Waals surface area contributed by atoms with Gasteiger partial charge < -0.3 is 24.0 Å². The van der Waals surface area contributed by atoms with E-state index in [0.29, 0.717) is 48.7 Å². The largest absolute Gasteiger partial charge is 0.493 e. The molecule has 2 aliphatic heterocycles. The highest BCUT2D eigenvalue weighted by atomic mass is 16.5. The smallest absolute Gasteiger partial charge is 0.264 e. The molecule has 41 heavy (non-hydrogen) atoms. The summed E-state index contributed by atoms with van der Waals surface area (Å²) in [5, 5.41) is 0. The monoisotopic (exact) mass is 557 g/mol. The van der Waals surface area contributed by atoms with Crippen LogP contribution in [-0.4, -0.2) is 75.2 Å². The molecule has 5 rings (SSSR count). The van der Waals surface area contributed by atoms with Crippen LogP contribution in [0.4, 0.5) is 5.69 Å². The van der Waals surface area contributed by atoms with Crippen LogP contribution in [0.2, 0.25) is 0 Å². The third-order valence-corrected chi connectivity index (χ3v) is 8.07. The van der Waals surface area contributed by atoms with Gasteiger partial charge in [0.2, 0.25) is 0 Å². The number of fused-ring (bicyclic) bond motifs is 1. The van der Waals surface area contributed by atoms with Crippen molar-refractivity contribution in [2.75, 3.05) is 58.5 Å². The third kappa shape index (κ3) is 6.09. The van der Waals surface area contributed by atoms with Crippen molar-refractivity contribution in [2.45, 2.75) is 32.4 Å². The van der Waals surface area contributed by atoms with E-state index in [1.807, 2.05) is 60.7 Å². The predicted octanol–water partition coefficient (Wildman–Crippen LogP) is 5.18. The Bertz CT molecular complexity index is 1350. The Hall–Kier alpha value is -3.88. The number of piperazine rings is 1. The molecule has 1 unspecified atom stereocenters. The summed E-state index contributed by atoms with van der Waals surface area (Å²) in [5.74, 6) is 0.644. The zero-order chi connectivity index (χ0) is 28.8. The maximum absolute atomic E-state index is 14.1. The van der Waals surface area contributed by atoms with Crippen molar-refractivity contribution in [3.63, 3.8) is 0 Å². The van der Waals surface area contributed by atoms with Gasteiger partial charge >= 0.3 is 0 Å². The van der Waals surface area contributed by atoms with Crippen LogP contribution in [0.3, 0.4) is 0 Å². The highest BCUT2D eigenvalue weighted by Gasteiger charge is 2.43. The number of imide groups is 1. The van der Waals surface area contributed by atoms with Crippen molar-refractivity contribution >= 4 is 17.5 Å². The van der Waals surface area contributed by atoms with Gasteiger partial charge in [0.15, 0.2) is 11.5 Å². The number of methoxy groups -OCH3 is 2. The Morgan fingerprint density at radius 3 is 2.29 bits per heavy atom. The second-order valence-corrected chi connectivity index (χ2v) is 10.4. The predicted molar refractivity (Wildman–Crippen MR) is 159 cm³/mol. The highest BCUT2D eigenvalue weighted by Crippen LogP contribution is 2.40.